The molecule has 0 bridgehead atoms. The molecule has 1 aliphatic carbocycles. The number of hydrogen-bond donors (Lipinski definition) is 0. The maximum absolute atomic E-state index is 11.7. The van der Waals surface area contributed by atoms with Gasteiger partial charge in [-0.25, -0.2) is 0 Å². The number of carbonyl (C=O) groups excluding carboxylic acids is 1. The van der Waals surface area contributed by atoms with Gasteiger partial charge in [-0.15, -0.1) is 0 Å². The minimum absolute atomic E-state index is 0.339. The molecule has 1 aromatic rings. The standard InChI is InChI=1S/C11H15NOS/c1-14-7-6-12-5-4-10(8-12)11(13)9-2-3-9/h4-5,8-9H,2-3,6-7H2,1H3. The third kappa shape index (κ3) is 2.21. The van der Waals surface area contributed by atoms with Gasteiger partial charge in [0.2, 0.25) is 0 Å². The van der Waals surface area contributed by atoms with E-state index in [0.717, 1.165) is 30.7 Å². The Morgan fingerprint density at radius 3 is 3.07 bits per heavy atom. The van der Waals surface area contributed by atoms with Gasteiger partial charge < -0.3 is 4.57 Å². The first kappa shape index (κ1) is 9.84. The van der Waals surface area contributed by atoms with Crippen LogP contribution in [0.2, 0.25) is 0 Å². The van der Waals surface area contributed by atoms with Crippen molar-refractivity contribution in [2.45, 2.75) is 19.4 Å². The topological polar surface area (TPSA) is 22.0 Å². The summed E-state index contributed by atoms with van der Waals surface area (Å²) in [6.07, 6.45) is 8.27. The predicted molar refractivity (Wildman–Crippen MR) is 59.9 cm³/mol. The molecule has 0 aromatic carbocycles. The number of ketones is 1. The van der Waals surface area contributed by atoms with Gasteiger partial charge in [-0.1, -0.05) is 0 Å². The molecule has 0 amide bonds. The second kappa shape index (κ2) is 4.22. The molecule has 1 heterocycles. The molecule has 76 valence electrons. The maximum Gasteiger partial charge on any atom is 0.167 e. The van der Waals surface area contributed by atoms with Crippen molar-refractivity contribution in [1.29, 1.82) is 0 Å². The molecule has 1 aromatic heterocycles. The third-order valence-corrected chi connectivity index (χ3v) is 3.13. The number of aryl methyl sites for hydroxylation is 1. The summed E-state index contributed by atoms with van der Waals surface area (Å²) in [5, 5.41) is 0. The monoisotopic (exact) mass is 209 g/mol. The molecule has 0 spiro atoms. The Bertz CT molecular complexity index is 328. The van der Waals surface area contributed by atoms with Crippen molar-refractivity contribution >= 4 is 17.5 Å². The average Bonchev–Trinajstić information content (AvgIpc) is 2.94. The summed E-state index contributed by atoms with van der Waals surface area (Å²) in [6.45, 7) is 0.999. The number of aromatic nitrogens is 1. The van der Waals surface area contributed by atoms with Crippen LogP contribution in [0.25, 0.3) is 0 Å². The first-order valence-corrected chi connectivity index (χ1v) is 6.39. The highest BCUT2D eigenvalue weighted by atomic mass is 32.2. The molecule has 14 heavy (non-hydrogen) atoms. The summed E-state index contributed by atoms with van der Waals surface area (Å²) >= 11 is 1.83. The second-order valence-electron chi connectivity index (χ2n) is 3.77. The molecule has 0 atom stereocenters. The van der Waals surface area contributed by atoms with E-state index in [1.54, 1.807) is 0 Å². The largest absolute Gasteiger partial charge is 0.353 e. The Balaban J connectivity index is 1.98. The van der Waals surface area contributed by atoms with Crippen molar-refractivity contribution in [3.63, 3.8) is 0 Å². The second-order valence-corrected chi connectivity index (χ2v) is 4.75. The number of nitrogens with zero attached hydrogens (tertiary/aromatic N) is 1. The van der Waals surface area contributed by atoms with Crippen LogP contribution in [0.1, 0.15) is 23.2 Å². The Morgan fingerprint density at radius 1 is 1.64 bits per heavy atom. The zero-order chi connectivity index (χ0) is 9.97. The Hall–Kier alpha value is -0.700. The summed E-state index contributed by atoms with van der Waals surface area (Å²) in [5.41, 5.74) is 0.897. The first-order valence-electron chi connectivity index (χ1n) is 5.00. The molecule has 0 radical (unpaired) electrons. The van der Waals surface area contributed by atoms with Crippen molar-refractivity contribution < 1.29 is 4.79 Å². The number of Topliss-reactive ketones (excluding diaryl/α,β-unsaturated/α-hetero) is 1. The van der Waals surface area contributed by atoms with E-state index in [1.165, 1.54) is 0 Å². The molecule has 0 aliphatic heterocycles. The van der Waals surface area contributed by atoms with Crippen LogP contribution in [0.3, 0.4) is 0 Å². The van der Waals surface area contributed by atoms with Crippen LogP contribution in [0, 0.1) is 5.92 Å². The Kier molecular flexibility index (Phi) is 2.96. The fraction of sp³-hybridized carbons (Fsp3) is 0.545. The molecular weight excluding hydrogens is 194 g/mol. The van der Waals surface area contributed by atoms with Gasteiger partial charge in [-0.05, 0) is 25.2 Å². The lowest BCUT2D eigenvalue weighted by molar-refractivity contribution is 0.0967. The molecule has 0 unspecified atom stereocenters. The van der Waals surface area contributed by atoms with Crippen molar-refractivity contribution in [3.8, 4) is 0 Å². The van der Waals surface area contributed by atoms with Crippen molar-refractivity contribution in [1.82, 2.24) is 4.57 Å². The molecular formula is C11H15NOS. The van der Waals surface area contributed by atoms with E-state index in [0.29, 0.717) is 11.7 Å². The van der Waals surface area contributed by atoms with E-state index in [2.05, 4.69) is 10.8 Å². The molecule has 1 saturated carbocycles. The average molecular weight is 209 g/mol. The fourth-order valence-electron chi connectivity index (χ4n) is 1.50. The number of rotatable bonds is 5. The minimum Gasteiger partial charge on any atom is -0.353 e. The van der Waals surface area contributed by atoms with Crippen molar-refractivity contribution in [2.75, 3.05) is 12.0 Å². The highest BCUT2D eigenvalue weighted by Gasteiger charge is 2.30. The van der Waals surface area contributed by atoms with Gasteiger partial charge in [0.25, 0.3) is 0 Å². The highest BCUT2D eigenvalue weighted by molar-refractivity contribution is 7.98. The van der Waals surface area contributed by atoms with E-state index < -0.39 is 0 Å². The van der Waals surface area contributed by atoms with Gasteiger partial charge in [-0.2, -0.15) is 11.8 Å². The highest BCUT2D eigenvalue weighted by Crippen LogP contribution is 2.32. The Morgan fingerprint density at radius 2 is 2.43 bits per heavy atom. The van der Waals surface area contributed by atoms with Crippen LogP contribution in [0.5, 0.6) is 0 Å². The predicted octanol–water partition coefficient (Wildman–Crippen LogP) is 2.44. The molecule has 1 aliphatic rings. The summed E-state index contributed by atoms with van der Waals surface area (Å²) in [6, 6.07) is 1.95. The summed E-state index contributed by atoms with van der Waals surface area (Å²) < 4.78 is 2.10. The molecule has 1 fully saturated rings. The van der Waals surface area contributed by atoms with Crippen LogP contribution < -0.4 is 0 Å². The van der Waals surface area contributed by atoms with Crippen LogP contribution in [0.15, 0.2) is 18.5 Å². The quantitative estimate of drug-likeness (QED) is 0.695. The normalized spacial score (nSPS) is 15.8. The van der Waals surface area contributed by atoms with E-state index in [9.17, 15) is 4.79 Å². The van der Waals surface area contributed by atoms with E-state index in [4.69, 9.17) is 0 Å². The van der Waals surface area contributed by atoms with Crippen molar-refractivity contribution in [2.24, 2.45) is 5.92 Å². The maximum atomic E-state index is 11.7. The van der Waals surface area contributed by atoms with Crippen LogP contribution in [-0.2, 0) is 6.54 Å². The molecule has 0 saturated heterocycles. The van der Waals surface area contributed by atoms with E-state index >= 15 is 0 Å². The smallest absolute Gasteiger partial charge is 0.167 e. The van der Waals surface area contributed by atoms with Gasteiger partial charge in [0.05, 0.1) is 0 Å². The first-order chi connectivity index (χ1) is 6.81. The molecule has 3 heteroatoms. The van der Waals surface area contributed by atoms with Crippen LogP contribution >= 0.6 is 11.8 Å². The Labute approximate surface area is 88.7 Å². The van der Waals surface area contributed by atoms with Gasteiger partial charge in [0.1, 0.15) is 0 Å². The van der Waals surface area contributed by atoms with Crippen LogP contribution in [0.4, 0.5) is 0 Å². The third-order valence-electron chi connectivity index (χ3n) is 2.54. The van der Waals surface area contributed by atoms with Crippen molar-refractivity contribution in [3.05, 3.63) is 24.0 Å². The molecule has 2 rings (SSSR count). The SMILES string of the molecule is CSCCn1ccc(C(=O)C2CC2)c1. The number of thioether (sulfide) groups is 1. The van der Waals surface area contributed by atoms with Gasteiger partial charge in [0, 0.05) is 36.2 Å². The van der Waals surface area contributed by atoms with Gasteiger partial charge in [-0.3, -0.25) is 4.79 Å². The summed E-state index contributed by atoms with van der Waals surface area (Å²) in [7, 11) is 0. The van der Waals surface area contributed by atoms with E-state index in [-0.39, 0.29) is 0 Å². The van der Waals surface area contributed by atoms with Gasteiger partial charge in [0.15, 0.2) is 5.78 Å². The minimum atomic E-state index is 0.339. The fourth-order valence-corrected chi connectivity index (χ4v) is 1.90. The lowest BCUT2D eigenvalue weighted by atomic mass is 10.1. The number of hydrogen-bond acceptors (Lipinski definition) is 2. The lowest BCUT2D eigenvalue weighted by Gasteiger charge is -1.99. The summed E-state index contributed by atoms with van der Waals surface area (Å²) in [4.78, 5) is 11.7. The van der Waals surface area contributed by atoms with Crippen LogP contribution in [-0.4, -0.2) is 22.4 Å². The van der Waals surface area contributed by atoms with Gasteiger partial charge >= 0.3 is 0 Å². The lowest BCUT2D eigenvalue weighted by Crippen LogP contribution is -2.01. The van der Waals surface area contributed by atoms with E-state index in [1.807, 2.05) is 30.2 Å². The zero-order valence-electron chi connectivity index (χ0n) is 8.40. The zero-order valence-corrected chi connectivity index (χ0v) is 9.22. The number of carbonyl (C=O) groups is 1. The molecule has 0 N–H and O–H groups in total. The molecule has 2 nitrogen and oxygen atoms in total. The summed E-state index contributed by atoms with van der Waals surface area (Å²) in [5.74, 6) is 1.78.